The van der Waals surface area contributed by atoms with Crippen molar-refractivity contribution >= 4 is 45.8 Å². The highest BCUT2D eigenvalue weighted by atomic mass is 32.1. The number of esters is 1. The van der Waals surface area contributed by atoms with Gasteiger partial charge in [0.25, 0.3) is 0 Å². The van der Waals surface area contributed by atoms with E-state index in [1.54, 1.807) is 19.1 Å². The van der Waals surface area contributed by atoms with E-state index in [9.17, 15) is 18.8 Å². The molecule has 2 amide bonds. The van der Waals surface area contributed by atoms with Crippen LogP contribution in [0.25, 0.3) is 0 Å². The van der Waals surface area contributed by atoms with Gasteiger partial charge in [-0.1, -0.05) is 11.3 Å². The van der Waals surface area contributed by atoms with E-state index in [0.29, 0.717) is 30.5 Å². The van der Waals surface area contributed by atoms with Gasteiger partial charge in [0.05, 0.1) is 26.2 Å². The molecule has 2 atom stereocenters. The lowest BCUT2D eigenvalue weighted by Crippen LogP contribution is -2.51. The van der Waals surface area contributed by atoms with Crippen LogP contribution < -0.4 is 20.0 Å². The number of carbonyl (C=O) groups excluding carboxylic acids is 3. The average molecular weight is 493 g/mol. The maximum absolute atomic E-state index is 15.0. The number of halogens is 1. The standard InChI is InChI=1S/C21H25FN6O5S/c1-3-32-19(30)18-24-25-20(34-18)27-9-8-26(12-17(27)22)14-4-6-15(7-5-14)28-11-16(33-21(28)31)10-23-13(2)29/h4-7,16-17H,3,8-12H2,1-2H3,(H,23,29)/t16?,17-/m1/s1. The van der Waals surface area contributed by atoms with Crippen molar-refractivity contribution in [1.29, 1.82) is 0 Å². The van der Waals surface area contributed by atoms with Crippen molar-refractivity contribution in [2.45, 2.75) is 26.2 Å². The maximum atomic E-state index is 15.0. The van der Waals surface area contributed by atoms with Gasteiger partial charge >= 0.3 is 12.1 Å². The smallest absolute Gasteiger partial charge is 0.414 e. The third kappa shape index (κ3) is 5.19. The van der Waals surface area contributed by atoms with E-state index in [-0.39, 0.29) is 30.6 Å². The van der Waals surface area contributed by atoms with Gasteiger partial charge in [-0.2, -0.15) is 0 Å². The summed E-state index contributed by atoms with van der Waals surface area (Å²) in [4.78, 5) is 40.0. The summed E-state index contributed by atoms with van der Waals surface area (Å²) >= 11 is 1.01. The second kappa shape index (κ2) is 10.2. The molecule has 1 aromatic carbocycles. The minimum atomic E-state index is -1.33. The summed E-state index contributed by atoms with van der Waals surface area (Å²) in [7, 11) is 0. The molecule has 4 rings (SSSR count). The van der Waals surface area contributed by atoms with Gasteiger partial charge < -0.3 is 24.6 Å². The number of aromatic nitrogens is 2. The number of alkyl halides is 1. The lowest BCUT2D eigenvalue weighted by atomic mass is 10.2. The summed E-state index contributed by atoms with van der Waals surface area (Å²) in [6.07, 6.45) is -2.22. The number of carbonyl (C=O) groups is 3. The number of hydrogen-bond acceptors (Lipinski definition) is 10. The molecule has 2 fully saturated rings. The molecule has 0 spiro atoms. The topological polar surface area (TPSA) is 117 Å². The maximum Gasteiger partial charge on any atom is 0.414 e. The molecule has 1 N–H and O–H groups in total. The zero-order valence-electron chi connectivity index (χ0n) is 18.8. The molecule has 2 saturated heterocycles. The fourth-order valence-electron chi connectivity index (χ4n) is 3.74. The molecule has 0 radical (unpaired) electrons. The number of benzene rings is 1. The van der Waals surface area contributed by atoms with Crippen LogP contribution in [0, 0.1) is 0 Å². The molecule has 11 nitrogen and oxygen atoms in total. The van der Waals surface area contributed by atoms with Crippen LogP contribution in [0.3, 0.4) is 0 Å². The van der Waals surface area contributed by atoms with E-state index in [2.05, 4.69) is 15.5 Å². The number of cyclic esters (lactones) is 1. The third-order valence-electron chi connectivity index (χ3n) is 5.41. The molecule has 2 aliphatic heterocycles. The molecule has 3 heterocycles. The molecule has 0 aliphatic carbocycles. The van der Waals surface area contributed by atoms with Gasteiger partial charge in [-0.3, -0.25) is 9.69 Å². The molecule has 34 heavy (non-hydrogen) atoms. The lowest BCUT2D eigenvalue weighted by Gasteiger charge is -2.38. The number of anilines is 3. The molecule has 1 unspecified atom stereocenters. The number of piperazine rings is 1. The highest BCUT2D eigenvalue weighted by molar-refractivity contribution is 7.17. The van der Waals surface area contributed by atoms with E-state index in [1.807, 2.05) is 17.0 Å². The van der Waals surface area contributed by atoms with Crippen LogP contribution in [-0.4, -0.2) is 79.9 Å². The van der Waals surface area contributed by atoms with Crippen molar-refractivity contribution in [2.24, 2.45) is 0 Å². The number of nitrogens with zero attached hydrogens (tertiary/aromatic N) is 5. The molecule has 2 aromatic rings. The second-order valence-corrected chi connectivity index (χ2v) is 8.71. The number of hydrogen-bond donors (Lipinski definition) is 1. The predicted octanol–water partition coefficient (Wildman–Crippen LogP) is 1.80. The Bertz CT molecular complexity index is 1050. The van der Waals surface area contributed by atoms with Gasteiger partial charge in [-0.25, -0.2) is 14.0 Å². The third-order valence-corrected chi connectivity index (χ3v) is 6.35. The van der Waals surface area contributed by atoms with E-state index in [1.165, 1.54) is 16.7 Å². The van der Waals surface area contributed by atoms with Crippen LogP contribution in [0.1, 0.15) is 23.6 Å². The fourth-order valence-corrected chi connectivity index (χ4v) is 4.54. The second-order valence-electron chi connectivity index (χ2n) is 7.75. The molecular weight excluding hydrogens is 467 g/mol. The lowest BCUT2D eigenvalue weighted by molar-refractivity contribution is -0.119. The fraction of sp³-hybridized carbons (Fsp3) is 0.476. The number of ether oxygens (including phenoxy) is 2. The first-order chi connectivity index (χ1) is 16.4. The molecule has 182 valence electrons. The molecule has 1 aromatic heterocycles. The number of nitrogens with one attached hydrogen (secondary N) is 1. The summed E-state index contributed by atoms with van der Waals surface area (Å²) in [5.41, 5.74) is 1.48. The summed E-state index contributed by atoms with van der Waals surface area (Å²) in [5, 5.41) is 10.8. The normalized spacial score (nSPS) is 20.3. The van der Waals surface area contributed by atoms with Gasteiger partial charge in [0, 0.05) is 31.4 Å². The van der Waals surface area contributed by atoms with Crippen molar-refractivity contribution in [2.75, 3.05) is 54.0 Å². The van der Waals surface area contributed by atoms with E-state index in [4.69, 9.17) is 9.47 Å². The van der Waals surface area contributed by atoms with Crippen molar-refractivity contribution < 1.29 is 28.2 Å². The Kier molecular flexibility index (Phi) is 7.10. The number of amides is 2. The van der Waals surface area contributed by atoms with Crippen LogP contribution in [0.15, 0.2) is 24.3 Å². The minimum absolute atomic E-state index is 0.0989. The Balaban J connectivity index is 1.35. The van der Waals surface area contributed by atoms with Gasteiger partial charge in [0.15, 0.2) is 6.30 Å². The van der Waals surface area contributed by atoms with Crippen LogP contribution >= 0.6 is 11.3 Å². The highest BCUT2D eigenvalue weighted by Gasteiger charge is 2.33. The molecule has 13 heteroatoms. The minimum Gasteiger partial charge on any atom is -0.461 e. The van der Waals surface area contributed by atoms with E-state index >= 15 is 0 Å². The Labute approximate surface area is 199 Å². The first-order valence-corrected chi connectivity index (χ1v) is 11.7. The molecular formula is C21H25FN6O5S. The molecule has 2 aliphatic rings. The largest absolute Gasteiger partial charge is 0.461 e. The monoisotopic (exact) mass is 492 g/mol. The highest BCUT2D eigenvalue weighted by Crippen LogP contribution is 2.29. The zero-order chi connectivity index (χ0) is 24.2. The van der Waals surface area contributed by atoms with E-state index < -0.39 is 24.5 Å². The van der Waals surface area contributed by atoms with Crippen LogP contribution in [0.2, 0.25) is 0 Å². The summed E-state index contributed by atoms with van der Waals surface area (Å²) in [6.45, 7) is 4.94. The Morgan fingerprint density at radius 3 is 2.62 bits per heavy atom. The quantitative estimate of drug-likeness (QED) is 0.456. The first kappa shape index (κ1) is 23.7. The van der Waals surface area contributed by atoms with Gasteiger partial charge in [0.2, 0.25) is 16.0 Å². The first-order valence-electron chi connectivity index (χ1n) is 10.8. The van der Waals surface area contributed by atoms with Crippen molar-refractivity contribution in [3.8, 4) is 0 Å². The Morgan fingerprint density at radius 1 is 1.21 bits per heavy atom. The SMILES string of the molecule is CCOC(=O)c1nnc(N2CCN(c3ccc(N4CC(CNC(C)=O)OC4=O)cc3)C[C@@H]2F)s1. The average Bonchev–Trinajstić information content (AvgIpc) is 3.45. The van der Waals surface area contributed by atoms with Crippen molar-refractivity contribution in [3.05, 3.63) is 29.3 Å². The Morgan fingerprint density at radius 2 is 1.94 bits per heavy atom. The van der Waals surface area contributed by atoms with Crippen LogP contribution in [0.5, 0.6) is 0 Å². The van der Waals surface area contributed by atoms with Gasteiger partial charge in [-0.05, 0) is 31.2 Å². The van der Waals surface area contributed by atoms with Crippen LogP contribution in [-0.2, 0) is 14.3 Å². The van der Waals surface area contributed by atoms with Gasteiger partial charge in [-0.15, -0.1) is 10.2 Å². The number of rotatable bonds is 7. The zero-order valence-corrected chi connectivity index (χ0v) is 19.6. The summed E-state index contributed by atoms with van der Waals surface area (Å²) in [5.74, 6) is -0.751. The van der Waals surface area contributed by atoms with Crippen LogP contribution in [0.4, 0.5) is 25.7 Å². The van der Waals surface area contributed by atoms with Crippen molar-refractivity contribution in [3.63, 3.8) is 0 Å². The molecule has 0 bridgehead atoms. The summed E-state index contributed by atoms with van der Waals surface area (Å²) in [6, 6.07) is 7.23. The predicted molar refractivity (Wildman–Crippen MR) is 123 cm³/mol. The summed E-state index contributed by atoms with van der Waals surface area (Å²) < 4.78 is 25.2. The van der Waals surface area contributed by atoms with Gasteiger partial charge in [0.1, 0.15) is 6.10 Å². The molecule has 0 saturated carbocycles. The van der Waals surface area contributed by atoms with Crippen molar-refractivity contribution in [1.82, 2.24) is 15.5 Å². The van der Waals surface area contributed by atoms with E-state index in [0.717, 1.165) is 17.0 Å². The Hall–Kier alpha value is -3.48.